The van der Waals surface area contributed by atoms with Crippen molar-refractivity contribution in [3.05, 3.63) is 18.2 Å². The van der Waals surface area contributed by atoms with Crippen molar-refractivity contribution < 1.29 is 13.2 Å². The lowest BCUT2D eigenvalue weighted by atomic mass is 10.0. The van der Waals surface area contributed by atoms with Gasteiger partial charge in [-0.3, -0.25) is 4.79 Å². The first-order chi connectivity index (χ1) is 12.8. The molecule has 2 aromatic rings. The highest BCUT2D eigenvalue weighted by Crippen LogP contribution is 2.27. The molecule has 2 N–H and O–H groups in total. The number of imidazole rings is 1. The predicted octanol–water partition coefficient (Wildman–Crippen LogP) is 2.44. The molecule has 0 spiro atoms. The van der Waals surface area contributed by atoms with E-state index in [-0.39, 0.29) is 10.8 Å². The van der Waals surface area contributed by atoms with Gasteiger partial charge >= 0.3 is 0 Å². The van der Waals surface area contributed by atoms with Gasteiger partial charge in [0.05, 0.1) is 21.7 Å². The maximum Gasteiger partial charge on any atom is 0.238 e. The molecule has 0 radical (unpaired) electrons. The molecular weight excluding hydrogens is 384 g/mol. The smallest absolute Gasteiger partial charge is 0.238 e. The number of thioether (sulfide) groups is 1. The number of aromatic nitrogens is 2. The number of piperidine rings is 1. The van der Waals surface area contributed by atoms with Gasteiger partial charge in [0.2, 0.25) is 15.9 Å². The Bertz CT molecular complexity index is 939. The second kappa shape index (κ2) is 8.20. The molecule has 1 aromatic carbocycles. The van der Waals surface area contributed by atoms with Crippen LogP contribution in [0.15, 0.2) is 28.3 Å². The quantitative estimate of drug-likeness (QED) is 0.738. The van der Waals surface area contributed by atoms with Crippen LogP contribution in [0.3, 0.4) is 0 Å². The fourth-order valence-corrected chi connectivity index (χ4v) is 4.92. The van der Waals surface area contributed by atoms with Gasteiger partial charge in [0, 0.05) is 19.6 Å². The lowest BCUT2D eigenvalue weighted by molar-refractivity contribution is -0.130. The topological polar surface area (TPSA) is 98.3 Å². The average molecular weight is 411 g/mol. The molecule has 0 aliphatic carbocycles. The number of fused-ring (bicyclic) bond motifs is 1. The number of nitrogens with two attached hydrogens (primary N) is 1. The summed E-state index contributed by atoms with van der Waals surface area (Å²) in [5.41, 5.74) is 1.43. The van der Waals surface area contributed by atoms with Crippen molar-refractivity contribution in [3.8, 4) is 0 Å². The zero-order valence-electron chi connectivity index (χ0n) is 15.7. The molecule has 1 unspecified atom stereocenters. The van der Waals surface area contributed by atoms with Crippen LogP contribution < -0.4 is 5.14 Å². The molecule has 1 amide bonds. The third-order valence-corrected chi connectivity index (χ3v) is 6.67. The van der Waals surface area contributed by atoms with Gasteiger partial charge in [-0.15, -0.1) is 0 Å². The van der Waals surface area contributed by atoms with E-state index >= 15 is 0 Å². The Morgan fingerprint density at radius 1 is 1.41 bits per heavy atom. The van der Waals surface area contributed by atoms with Crippen LogP contribution in [0, 0.1) is 5.92 Å². The molecule has 0 bridgehead atoms. The molecule has 3 rings (SSSR count). The van der Waals surface area contributed by atoms with Crippen LogP contribution in [-0.4, -0.2) is 47.6 Å². The summed E-state index contributed by atoms with van der Waals surface area (Å²) in [5.74, 6) is 1.02. The Hall–Kier alpha value is -1.58. The number of nitrogens with zero attached hydrogens (tertiary/aromatic N) is 3. The van der Waals surface area contributed by atoms with E-state index in [1.54, 1.807) is 6.07 Å². The highest BCUT2D eigenvalue weighted by molar-refractivity contribution is 7.99. The summed E-state index contributed by atoms with van der Waals surface area (Å²) in [4.78, 5) is 19.1. The zero-order valence-corrected chi connectivity index (χ0v) is 17.4. The van der Waals surface area contributed by atoms with E-state index < -0.39 is 10.0 Å². The van der Waals surface area contributed by atoms with E-state index in [2.05, 4.69) is 18.8 Å². The van der Waals surface area contributed by atoms with Crippen molar-refractivity contribution in [2.75, 3.05) is 18.8 Å². The van der Waals surface area contributed by atoms with Gasteiger partial charge in [-0.2, -0.15) is 0 Å². The molecule has 1 aliphatic rings. The Morgan fingerprint density at radius 2 is 2.19 bits per heavy atom. The number of hydrogen-bond donors (Lipinski definition) is 1. The number of hydrogen-bond acceptors (Lipinski definition) is 5. The van der Waals surface area contributed by atoms with Crippen molar-refractivity contribution in [2.24, 2.45) is 11.1 Å². The Balaban J connectivity index is 1.82. The normalized spacial score (nSPS) is 18.2. The van der Waals surface area contributed by atoms with E-state index in [0.29, 0.717) is 17.2 Å². The molecular formula is C18H26N4O3S2. The summed E-state index contributed by atoms with van der Waals surface area (Å²) < 4.78 is 25.2. The van der Waals surface area contributed by atoms with Crippen molar-refractivity contribution in [1.29, 1.82) is 0 Å². The van der Waals surface area contributed by atoms with Gasteiger partial charge in [-0.25, -0.2) is 18.5 Å². The second-order valence-electron chi connectivity index (χ2n) is 7.12. The standard InChI is InChI=1S/C18H26N4O3S2/c1-3-8-22-16-7-6-14(27(19,24)25)10-15(16)20-18(22)26-12-17(23)21-9-4-5-13(2)11-21/h6-7,10,13H,3-5,8-9,11-12H2,1-2H3,(H2,19,24,25). The number of rotatable bonds is 6. The number of sulfonamides is 1. The third-order valence-electron chi connectivity index (χ3n) is 4.79. The fourth-order valence-electron chi connectivity index (χ4n) is 3.45. The van der Waals surface area contributed by atoms with E-state index in [9.17, 15) is 13.2 Å². The third kappa shape index (κ3) is 4.64. The molecule has 1 fully saturated rings. The highest BCUT2D eigenvalue weighted by Gasteiger charge is 2.22. The Kier molecular flexibility index (Phi) is 6.12. The van der Waals surface area contributed by atoms with Gasteiger partial charge < -0.3 is 9.47 Å². The van der Waals surface area contributed by atoms with E-state index in [1.165, 1.54) is 30.3 Å². The molecule has 1 atom stereocenters. The van der Waals surface area contributed by atoms with Gasteiger partial charge in [0.25, 0.3) is 0 Å². The van der Waals surface area contributed by atoms with Gasteiger partial charge in [-0.05, 0) is 43.4 Å². The molecule has 148 valence electrons. The van der Waals surface area contributed by atoms with Crippen LogP contribution in [-0.2, 0) is 21.4 Å². The minimum absolute atomic E-state index is 0.0473. The van der Waals surface area contributed by atoms with Crippen molar-refractivity contribution in [3.63, 3.8) is 0 Å². The van der Waals surface area contributed by atoms with Crippen molar-refractivity contribution in [1.82, 2.24) is 14.5 Å². The van der Waals surface area contributed by atoms with Crippen LogP contribution in [0.25, 0.3) is 11.0 Å². The maximum atomic E-state index is 12.6. The number of carbonyl (C=O) groups excluding carboxylic acids is 1. The number of likely N-dealkylation sites (tertiary alicyclic amines) is 1. The van der Waals surface area contributed by atoms with Crippen LogP contribution >= 0.6 is 11.8 Å². The van der Waals surface area contributed by atoms with Crippen LogP contribution in [0.5, 0.6) is 0 Å². The van der Waals surface area contributed by atoms with Crippen molar-refractivity contribution in [2.45, 2.75) is 49.7 Å². The first-order valence-electron chi connectivity index (χ1n) is 9.23. The molecule has 1 saturated heterocycles. The molecule has 27 heavy (non-hydrogen) atoms. The van der Waals surface area contributed by atoms with E-state index in [1.807, 2.05) is 9.47 Å². The molecule has 0 saturated carbocycles. The first kappa shape index (κ1) is 20.2. The minimum Gasteiger partial charge on any atom is -0.342 e. The Labute approximate surface area is 164 Å². The second-order valence-corrected chi connectivity index (χ2v) is 9.62. The fraction of sp³-hybridized carbons (Fsp3) is 0.556. The lowest BCUT2D eigenvalue weighted by Gasteiger charge is -2.30. The maximum absolute atomic E-state index is 12.6. The van der Waals surface area contributed by atoms with Crippen molar-refractivity contribution >= 4 is 38.7 Å². The SMILES string of the molecule is CCCn1c(SCC(=O)N2CCCC(C)C2)nc2cc(S(N)(=O)=O)ccc21. The number of aryl methyl sites for hydroxylation is 1. The lowest BCUT2D eigenvalue weighted by Crippen LogP contribution is -2.40. The molecule has 9 heteroatoms. The number of benzene rings is 1. The zero-order chi connectivity index (χ0) is 19.6. The highest BCUT2D eigenvalue weighted by atomic mass is 32.2. The average Bonchev–Trinajstić information content (AvgIpc) is 2.96. The predicted molar refractivity (Wildman–Crippen MR) is 107 cm³/mol. The van der Waals surface area contributed by atoms with E-state index in [4.69, 9.17) is 5.14 Å². The molecule has 2 heterocycles. The minimum atomic E-state index is -3.77. The van der Waals surface area contributed by atoms with Crippen LogP contribution in [0.4, 0.5) is 0 Å². The first-order valence-corrected chi connectivity index (χ1v) is 11.8. The molecule has 1 aliphatic heterocycles. The Morgan fingerprint density at radius 3 is 2.85 bits per heavy atom. The molecule has 1 aromatic heterocycles. The van der Waals surface area contributed by atoms with Gasteiger partial charge in [0.1, 0.15) is 0 Å². The number of amides is 1. The summed E-state index contributed by atoms with van der Waals surface area (Å²) in [7, 11) is -3.77. The largest absolute Gasteiger partial charge is 0.342 e. The summed E-state index contributed by atoms with van der Waals surface area (Å²) >= 11 is 1.41. The molecule has 7 nitrogen and oxygen atoms in total. The number of primary sulfonamides is 1. The summed E-state index contributed by atoms with van der Waals surface area (Å²) in [6.07, 6.45) is 3.14. The van der Waals surface area contributed by atoms with Gasteiger partial charge in [0.15, 0.2) is 5.16 Å². The summed E-state index contributed by atoms with van der Waals surface area (Å²) in [6, 6.07) is 4.73. The number of carbonyl (C=O) groups is 1. The summed E-state index contributed by atoms with van der Waals surface area (Å²) in [6.45, 7) is 6.65. The van der Waals surface area contributed by atoms with E-state index in [0.717, 1.165) is 43.1 Å². The van der Waals surface area contributed by atoms with Gasteiger partial charge in [-0.1, -0.05) is 25.6 Å². The van der Waals surface area contributed by atoms with Crippen LogP contribution in [0.2, 0.25) is 0 Å². The summed E-state index contributed by atoms with van der Waals surface area (Å²) in [5, 5.41) is 5.96. The monoisotopic (exact) mass is 410 g/mol. The van der Waals surface area contributed by atoms with Crippen LogP contribution in [0.1, 0.15) is 33.1 Å².